The summed E-state index contributed by atoms with van der Waals surface area (Å²) in [4.78, 5) is 15.5. The molecule has 4 nitrogen and oxygen atoms in total. The summed E-state index contributed by atoms with van der Waals surface area (Å²) in [5.74, 6) is 0.827. The van der Waals surface area contributed by atoms with Gasteiger partial charge in [-0.1, -0.05) is 30.3 Å². The molecule has 122 valence electrons. The van der Waals surface area contributed by atoms with Crippen molar-refractivity contribution in [2.75, 3.05) is 25.1 Å². The first-order valence-electron chi connectivity index (χ1n) is 7.94. The second-order valence-corrected chi connectivity index (χ2v) is 6.86. The second kappa shape index (κ2) is 6.17. The first-order chi connectivity index (χ1) is 11.8. The Balaban J connectivity index is 1.85. The molecule has 5 heteroatoms. The van der Waals surface area contributed by atoms with Crippen LogP contribution in [0.3, 0.4) is 0 Å². The molecule has 1 N–H and O–H groups in total. The molecule has 0 bridgehead atoms. The molecule has 4 rings (SSSR count). The van der Waals surface area contributed by atoms with Crippen molar-refractivity contribution in [3.8, 4) is 5.75 Å². The summed E-state index contributed by atoms with van der Waals surface area (Å²) < 4.78 is 6.49. The van der Waals surface area contributed by atoms with E-state index in [4.69, 9.17) is 4.74 Å². The van der Waals surface area contributed by atoms with Crippen LogP contribution >= 0.6 is 11.3 Å². The van der Waals surface area contributed by atoms with E-state index in [0.29, 0.717) is 6.54 Å². The topological polar surface area (TPSA) is 41.6 Å². The predicted octanol–water partition coefficient (Wildman–Crippen LogP) is 3.66. The van der Waals surface area contributed by atoms with Crippen molar-refractivity contribution in [2.24, 2.45) is 0 Å². The van der Waals surface area contributed by atoms with Crippen molar-refractivity contribution in [3.63, 3.8) is 0 Å². The number of carbonyl (C=O) groups is 1. The number of anilines is 1. The number of fused-ring (bicyclic) bond motifs is 3. The molecule has 2 heterocycles. The average Bonchev–Trinajstić information content (AvgIpc) is 2.93. The Morgan fingerprint density at radius 3 is 2.83 bits per heavy atom. The lowest BCUT2D eigenvalue weighted by molar-refractivity contribution is 0.0962. The smallest absolute Gasteiger partial charge is 0.263 e. The lowest BCUT2D eigenvalue weighted by Crippen LogP contribution is -2.29. The lowest BCUT2D eigenvalue weighted by Gasteiger charge is -2.23. The first-order valence-corrected chi connectivity index (χ1v) is 8.75. The highest BCUT2D eigenvalue weighted by Gasteiger charge is 2.26. The Morgan fingerprint density at radius 1 is 1.21 bits per heavy atom. The summed E-state index contributed by atoms with van der Waals surface area (Å²) in [6.45, 7) is 2.22. The summed E-state index contributed by atoms with van der Waals surface area (Å²) in [5, 5.41) is 4.09. The third-order valence-electron chi connectivity index (χ3n) is 4.27. The minimum Gasteiger partial charge on any atom is -0.497 e. The zero-order valence-corrected chi connectivity index (χ0v) is 14.2. The highest BCUT2D eigenvalue weighted by Crippen LogP contribution is 2.41. The number of methoxy groups -OCH3 is 1. The van der Waals surface area contributed by atoms with Crippen molar-refractivity contribution < 1.29 is 9.53 Å². The van der Waals surface area contributed by atoms with Crippen LogP contribution in [-0.2, 0) is 6.54 Å². The van der Waals surface area contributed by atoms with Gasteiger partial charge in [-0.05, 0) is 23.8 Å². The number of amides is 1. The molecule has 3 aromatic rings. The van der Waals surface area contributed by atoms with Crippen LogP contribution in [0, 0.1) is 0 Å². The maximum atomic E-state index is 12.5. The molecule has 0 fully saturated rings. The zero-order chi connectivity index (χ0) is 16.5. The summed E-state index contributed by atoms with van der Waals surface area (Å²) in [5.41, 5.74) is 2.26. The van der Waals surface area contributed by atoms with E-state index >= 15 is 0 Å². The van der Waals surface area contributed by atoms with E-state index < -0.39 is 0 Å². The van der Waals surface area contributed by atoms with Crippen LogP contribution in [0.15, 0.2) is 48.5 Å². The molecule has 0 atom stereocenters. The van der Waals surface area contributed by atoms with E-state index in [9.17, 15) is 4.79 Å². The van der Waals surface area contributed by atoms with Crippen LogP contribution in [0.1, 0.15) is 15.2 Å². The lowest BCUT2D eigenvalue weighted by atomic mass is 10.1. The van der Waals surface area contributed by atoms with Gasteiger partial charge in [0.15, 0.2) is 0 Å². The molecule has 1 aliphatic rings. The number of rotatable bonds is 3. The molecule has 0 radical (unpaired) electrons. The molecule has 1 aliphatic heterocycles. The van der Waals surface area contributed by atoms with Gasteiger partial charge in [-0.2, -0.15) is 0 Å². The Bertz CT molecular complexity index is 889. The fourth-order valence-corrected chi connectivity index (χ4v) is 4.24. The highest BCUT2D eigenvalue weighted by atomic mass is 32.1. The molecule has 1 amide bonds. The van der Waals surface area contributed by atoms with Crippen molar-refractivity contribution in [2.45, 2.75) is 6.54 Å². The van der Waals surface area contributed by atoms with Crippen LogP contribution in [0.4, 0.5) is 5.69 Å². The van der Waals surface area contributed by atoms with Gasteiger partial charge < -0.3 is 15.0 Å². The van der Waals surface area contributed by atoms with Crippen LogP contribution < -0.4 is 15.0 Å². The normalized spacial score (nSPS) is 14.2. The van der Waals surface area contributed by atoms with E-state index in [2.05, 4.69) is 22.3 Å². The van der Waals surface area contributed by atoms with Gasteiger partial charge in [-0.25, -0.2) is 0 Å². The van der Waals surface area contributed by atoms with Crippen LogP contribution in [-0.4, -0.2) is 26.1 Å². The van der Waals surface area contributed by atoms with Gasteiger partial charge in [0.25, 0.3) is 5.91 Å². The number of nitrogens with one attached hydrogen (secondary N) is 1. The molecule has 0 saturated heterocycles. The number of ether oxygens (including phenoxy) is 1. The number of carbonyl (C=O) groups excluding carboxylic acids is 1. The minimum absolute atomic E-state index is 0.0146. The molecule has 0 saturated carbocycles. The van der Waals surface area contributed by atoms with E-state index in [1.54, 1.807) is 18.4 Å². The number of thiophene rings is 1. The minimum atomic E-state index is 0.0146. The Kier molecular flexibility index (Phi) is 3.86. The zero-order valence-electron chi connectivity index (χ0n) is 13.4. The van der Waals surface area contributed by atoms with Crippen molar-refractivity contribution >= 4 is 33.0 Å². The van der Waals surface area contributed by atoms with Crippen molar-refractivity contribution in [1.82, 2.24) is 5.32 Å². The Morgan fingerprint density at radius 2 is 2.04 bits per heavy atom. The highest BCUT2D eigenvalue weighted by molar-refractivity contribution is 7.21. The maximum Gasteiger partial charge on any atom is 0.263 e. The molecule has 24 heavy (non-hydrogen) atoms. The summed E-state index contributed by atoms with van der Waals surface area (Å²) >= 11 is 1.55. The van der Waals surface area contributed by atoms with E-state index in [1.807, 2.05) is 36.4 Å². The second-order valence-electron chi connectivity index (χ2n) is 5.80. The fourth-order valence-electron chi connectivity index (χ4n) is 3.12. The van der Waals surface area contributed by atoms with Gasteiger partial charge in [0.2, 0.25) is 0 Å². The monoisotopic (exact) mass is 338 g/mol. The predicted molar refractivity (Wildman–Crippen MR) is 98.2 cm³/mol. The van der Waals surface area contributed by atoms with Crippen LogP contribution in [0.25, 0.3) is 10.1 Å². The van der Waals surface area contributed by atoms with Gasteiger partial charge in [0.1, 0.15) is 10.6 Å². The fraction of sp³-hybridized carbons (Fsp3) is 0.211. The SMILES string of the molecule is COc1ccc2sc3c(c2c1)N(Cc1ccccc1)CCNC3=O. The number of nitrogens with zero attached hydrogens (tertiary/aromatic N) is 1. The molecule has 0 spiro atoms. The summed E-state index contributed by atoms with van der Waals surface area (Å²) in [6, 6.07) is 16.4. The van der Waals surface area contributed by atoms with Gasteiger partial charge in [-0.3, -0.25) is 4.79 Å². The largest absolute Gasteiger partial charge is 0.497 e. The van der Waals surface area contributed by atoms with E-state index in [0.717, 1.165) is 39.5 Å². The number of hydrogen-bond donors (Lipinski definition) is 1. The van der Waals surface area contributed by atoms with Gasteiger partial charge in [0, 0.05) is 29.7 Å². The van der Waals surface area contributed by atoms with Gasteiger partial charge >= 0.3 is 0 Å². The van der Waals surface area contributed by atoms with E-state index in [-0.39, 0.29) is 5.91 Å². The number of hydrogen-bond acceptors (Lipinski definition) is 4. The third-order valence-corrected chi connectivity index (χ3v) is 5.43. The summed E-state index contributed by atoms with van der Waals surface area (Å²) in [7, 11) is 1.67. The quantitative estimate of drug-likeness (QED) is 0.792. The molecular formula is C19H18N2O2S. The van der Waals surface area contributed by atoms with Gasteiger partial charge in [-0.15, -0.1) is 11.3 Å². The summed E-state index contributed by atoms with van der Waals surface area (Å²) in [6.07, 6.45) is 0. The van der Waals surface area contributed by atoms with Crippen LogP contribution in [0.2, 0.25) is 0 Å². The average molecular weight is 338 g/mol. The molecule has 0 aliphatic carbocycles. The Labute approximate surface area is 144 Å². The molecular weight excluding hydrogens is 320 g/mol. The standard InChI is InChI=1S/C19H18N2O2S/c1-23-14-7-8-16-15(11-14)17-18(24-16)19(22)20-9-10-21(17)12-13-5-3-2-4-6-13/h2-8,11H,9-10,12H2,1H3,(H,20,22). The third kappa shape index (κ3) is 2.61. The van der Waals surface area contributed by atoms with Crippen molar-refractivity contribution in [3.05, 3.63) is 59.0 Å². The van der Waals surface area contributed by atoms with Crippen LogP contribution in [0.5, 0.6) is 5.75 Å². The molecule has 1 aromatic heterocycles. The maximum absolute atomic E-state index is 12.5. The number of benzene rings is 2. The molecule has 0 unspecified atom stereocenters. The first kappa shape index (κ1) is 15.0. The van der Waals surface area contributed by atoms with Crippen molar-refractivity contribution in [1.29, 1.82) is 0 Å². The molecule has 2 aromatic carbocycles. The Hall–Kier alpha value is -2.53. The van der Waals surface area contributed by atoms with Gasteiger partial charge in [0.05, 0.1) is 12.8 Å². The van der Waals surface area contributed by atoms with E-state index in [1.165, 1.54) is 5.56 Å².